The van der Waals surface area contributed by atoms with E-state index in [1.165, 1.54) is 12.2 Å². The molecule has 0 atom stereocenters. The molecule has 5 heteroatoms. The summed E-state index contributed by atoms with van der Waals surface area (Å²) in [6.07, 6.45) is 10.8. The molecular formula is C12H17NO3S. The number of sulfonamides is 1. The second kappa shape index (κ2) is 8.59. The molecule has 0 aliphatic heterocycles. The van der Waals surface area contributed by atoms with Crippen molar-refractivity contribution in [2.45, 2.75) is 32.1 Å². The second-order valence-corrected chi connectivity index (χ2v) is 4.97. The Kier molecular flexibility index (Phi) is 7.82. The molecule has 0 bridgehead atoms. The molecule has 0 saturated carbocycles. The van der Waals surface area contributed by atoms with E-state index in [0.717, 1.165) is 18.2 Å². The molecule has 17 heavy (non-hydrogen) atoms. The number of rotatable bonds is 8. The van der Waals surface area contributed by atoms with Crippen LogP contribution in [0.2, 0.25) is 0 Å². The van der Waals surface area contributed by atoms with E-state index in [4.69, 9.17) is 6.42 Å². The van der Waals surface area contributed by atoms with Crippen molar-refractivity contribution in [3.8, 4) is 12.3 Å². The molecule has 1 amide bonds. The Morgan fingerprint density at radius 1 is 1.35 bits per heavy atom. The SMILES string of the molecule is C#CCCCCCC(=O)NS(=O)(=O)/C=C/C=C. The first kappa shape index (κ1) is 15.5. The molecule has 0 heterocycles. The third-order valence-corrected chi connectivity index (χ3v) is 2.90. The second-order valence-electron chi connectivity index (χ2n) is 3.40. The highest BCUT2D eigenvalue weighted by Crippen LogP contribution is 2.02. The first-order chi connectivity index (χ1) is 8.02. The van der Waals surface area contributed by atoms with Gasteiger partial charge in [-0.1, -0.05) is 19.1 Å². The molecule has 0 spiro atoms. The van der Waals surface area contributed by atoms with Crippen LogP contribution in [0.15, 0.2) is 24.1 Å². The van der Waals surface area contributed by atoms with Crippen molar-refractivity contribution in [3.63, 3.8) is 0 Å². The number of allylic oxidation sites excluding steroid dienone is 2. The van der Waals surface area contributed by atoms with E-state index in [1.54, 1.807) is 0 Å². The highest BCUT2D eigenvalue weighted by Gasteiger charge is 2.09. The minimum absolute atomic E-state index is 0.186. The van der Waals surface area contributed by atoms with Gasteiger partial charge in [0.1, 0.15) is 0 Å². The number of nitrogens with one attached hydrogen (secondary N) is 1. The van der Waals surface area contributed by atoms with Crippen LogP contribution < -0.4 is 4.72 Å². The number of hydrogen-bond donors (Lipinski definition) is 1. The summed E-state index contributed by atoms with van der Waals surface area (Å²) in [5.74, 6) is 2.00. The molecule has 0 radical (unpaired) electrons. The van der Waals surface area contributed by atoms with E-state index in [1.807, 2.05) is 4.72 Å². The maximum Gasteiger partial charge on any atom is 0.257 e. The number of carbonyl (C=O) groups excluding carboxylic acids is 1. The van der Waals surface area contributed by atoms with Crippen molar-refractivity contribution in [2.75, 3.05) is 0 Å². The van der Waals surface area contributed by atoms with Gasteiger partial charge in [-0.25, -0.2) is 13.1 Å². The molecule has 0 aromatic carbocycles. The smallest absolute Gasteiger partial charge is 0.257 e. The number of hydrogen-bond acceptors (Lipinski definition) is 3. The summed E-state index contributed by atoms with van der Waals surface area (Å²) < 4.78 is 24.4. The van der Waals surface area contributed by atoms with Gasteiger partial charge in [-0.15, -0.1) is 12.3 Å². The van der Waals surface area contributed by atoms with Gasteiger partial charge in [0.2, 0.25) is 5.91 Å². The third-order valence-electron chi connectivity index (χ3n) is 1.87. The third kappa shape index (κ3) is 9.39. The predicted molar refractivity (Wildman–Crippen MR) is 68.3 cm³/mol. The van der Waals surface area contributed by atoms with Crippen LogP contribution in [0, 0.1) is 12.3 Å². The lowest BCUT2D eigenvalue weighted by molar-refractivity contribution is -0.119. The molecule has 0 aromatic heterocycles. The molecule has 0 fully saturated rings. The quantitative estimate of drug-likeness (QED) is 0.408. The summed E-state index contributed by atoms with van der Waals surface area (Å²) in [7, 11) is -3.67. The fraction of sp³-hybridized carbons (Fsp3) is 0.417. The minimum atomic E-state index is -3.67. The molecule has 1 N–H and O–H groups in total. The van der Waals surface area contributed by atoms with Crippen LogP contribution in [-0.4, -0.2) is 14.3 Å². The summed E-state index contributed by atoms with van der Waals surface area (Å²) >= 11 is 0. The molecule has 0 unspecified atom stereocenters. The van der Waals surface area contributed by atoms with Crippen molar-refractivity contribution >= 4 is 15.9 Å². The van der Waals surface area contributed by atoms with Crippen molar-refractivity contribution in [2.24, 2.45) is 0 Å². The highest BCUT2D eigenvalue weighted by molar-refractivity contribution is 7.92. The number of terminal acetylenes is 1. The van der Waals surface area contributed by atoms with Crippen LogP contribution in [-0.2, 0) is 14.8 Å². The zero-order valence-corrected chi connectivity index (χ0v) is 10.5. The molecule has 0 aliphatic carbocycles. The zero-order chi connectivity index (χ0) is 13.1. The van der Waals surface area contributed by atoms with Gasteiger partial charge in [0.05, 0.1) is 5.41 Å². The molecular weight excluding hydrogens is 238 g/mol. The predicted octanol–water partition coefficient (Wildman–Crippen LogP) is 1.72. The van der Waals surface area contributed by atoms with Crippen molar-refractivity contribution < 1.29 is 13.2 Å². The Bertz CT molecular complexity index is 416. The fourth-order valence-corrected chi connectivity index (χ4v) is 1.90. The van der Waals surface area contributed by atoms with Gasteiger partial charge in [-0.05, 0) is 18.9 Å². The topological polar surface area (TPSA) is 63.2 Å². The van der Waals surface area contributed by atoms with Crippen LogP contribution in [0.3, 0.4) is 0 Å². The lowest BCUT2D eigenvalue weighted by Gasteiger charge is -2.02. The summed E-state index contributed by atoms with van der Waals surface area (Å²) in [5, 5.41) is 0.899. The average Bonchev–Trinajstić information content (AvgIpc) is 2.25. The first-order valence-corrected chi connectivity index (χ1v) is 6.84. The fourth-order valence-electron chi connectivity index (χ4n) is 1.09. The molecule has 0 rings (SSSR count). The standard InChI is InChI=1S/C12H17NO3S/c1-3-5-7-8-9-10-12(14)13-17(15,16)11-6-4-2/h1,4,6,11H,2,5,7-10H2,(H,13,14)/b11-6+. The zero-order valence-electron chi connectivity index (χ0n) is 9.69. The number of unbranched alkanes of at least 4 members (excludes halogenated alkanes) is 3. The number of amides is 1. The molecule has 94 valence electrons. The summed E-state index contributed by atoms with van der Waals surface area (Å²) in [6.45, 7) is 3.34. The molecule has 0 saturated heterocycles. The van der Waals surface area contributed by atoms with Gasteiger partial charge in [0, 0.05) is 12.8 Å². The Morgan fingerprint density at radius 3 is 2.65 bits per heavy atom. The maximum atomic E-state index is 11.3. The van der Waals surface area contributed by atoms with E-state index >= 15 is 0 Å². The van der Waals surface area contributed by atoms with E-state index in [0.29, 0.717) is 12.8 Å². The van der Waals surface area contributed by atoms with Crippen molar-refractivity contribution in [3.05, 3.63) is 24.1 Å². The summed E-state index contributed by atoms with van der Waals surface area (Å²) in [4.78, 5) is 11.3. The van der Waals surface area contributed by atoms with Gasteiger partial charge in [0.25, 0.3) is 10.0 Å². The summed E-state index contributed by atoms with van der Waals surface area (Å²) in [5.41, 5.74) is 0. The monoisotopic (exact) mass is 255 g/mol. The summed E-state index contributed by atoms with van der Waals surface area (Å²) in [6, 6.07) is 0. The first-order valence-electron chi connectivity index (χ1n) is 5.30. The van der Waals surface area contributed by atoms with E-state index in [2.05, 4.69) is 12.5 Å². The van der Waals surface area contributed by atoms with Crippen LogP contribution in [0.25, 0.3) is 0 Å². The van der Waals surface area contributed by atoms with Crippen LogP contribution in [0.5, 0.6) is 0 Å². The van der Waals surface area contributed by atoms with Gasteiger partial charge in [0.15, 0.2) is 0 Å². The average molecular weight is 255 g/mol. The van der Waals surface area contributed by atoms with E-state index < -0.39 is 15.9 Å². The Hall–Kier alpha value is -1.54. The lowest BCUT2D eigenvalue weighted by atomic mass is 10.1. The van der Waals surface area contributed by atoms with Crippen molar-refractivity contribution in [1.82, 2.24) is 4.72 Å². The normalized spacial score (nSPS) is 11.0. The van der Waals surface area contributed by atoms with E-state index in [9.17, 15) is 13.2 Å². The lowest BCUT2D eigenvalue weighted by Crippen LogP contribution is -2.28. The Balaban J connectivity index is 3.91. The number of carbonyl (C=O) groups is 1. The molecule has 0 aromatic rings. The van der Waals surface area contributed by atoms with Gasteiger partial charge >= 0.3 is 0 Å². The van der Waals surface area contributed by atoms with Crippen molar-refractivity contribution in [1.29, 1.82) is 0 Å². The largest absolute Gasteiger partial charge is 0.274 e. The van der Waals surface area contributed by atoms with Gasteiger partial charge < -0.3 is 0 Å². The maximum absolute atomic E-state index is 11.3. The van der Waals surface area contributed by atoms with Crippen LogP contribution in [0.1, 0.15) is 32.1 Å². The minimum Gasteiger partial charge on any atom is -0.274 e. The van der Waals surface area contributed by atoms with Crippen LogP contribution in [0.4, 0.5) is 0 Å². The Morgan fingerprint density at radius 2 is 2.06 bits per heavy atom. The molecule has 0 aliphatic rings. The Labute approximate surface area is 103 Å². The van der Waals surface area contributed by atoms with E-state index in [-0.39, 0.29) is 6.42 Å². The molecule has 4 nitrogen and oxygen atoms in total. The van der Waals surface area contributed by atoms with Gasteiger partial charge in [-0.3, -0.25) is 4.79 Å². The highest BCUT2D eigenvalue weighted by atomic mass is 32.2. The van der Waals surface area contributed by atoms with Crippen LogP contribution >= 0.6 is 0 Å². The van der Waals surface area contributed by atoms with Gasteiger partial charge in [-0.2, -0.15) is 0 Å².